The number of hydrogen-bond acceptors (Lipinski definition) is 7. The topological polar surface area (TPSA) is 79.8 Å². The Hall–Kier alpha value is -2.97. The van der Waals surface area contributed by atoms with Crippen molar-refractivity contribution in [3.05, 3.63) is 58.8 Å². The molecule has 0 aliphatic carbocycles. The largest absolute Gasteiger partial charge is 0.388 e. The Labute approximate surface area is 254 Å². The average molecular weight is 590 g/mol. The Balaban J connectivity index is 0. The molecule has 0 amide bonds. The molecule has 3 heterocycles. The fourth-order valence-corrected chi connectivity index (χ4v) is 4.80. The zero-order chi connectivity index (χ0) is 32.7. The van der Waals surface area contributed by atoms with Gasteiger partial charge in [0.1, 0.15) is 31.9 Å². The van der Waals surface area contributed by atoms with Crippen LogP contribution in [0.3, 0.4) is 0 Å². The summed E-state index contributed by atoms with van der Waals surface area (Å²) in [4.78, 5) is 33.7. The molecule has 1 aromatic carbocycles. The van der Waals surface area contributed by atoms with Crippen molar-refractivity contribution in [2.75, 3.05) is 51.8 Å². The standard InChI is InChI=1S/C21H34FN3.C8H10.C2H6O.3CH2O/c1-16(2)19-13-17(3)14-23-20(19)25-9-5-18(6-10-25)15-24-11-7-21(4,22)8-12-24;1-7-3-5-8(2)6-4-7;1-3-2;3*1-2/h13-14,16,18H,5-12,15H2,1-4H3;3-6H,1-2H3;1-2H3;3*1H2. The van der Waals surface area contributed by atoms with Gasteiger partial charge in [0, 0.05) is 53.1 Å². The molecule has 4 rings (SSSR count). The van der Waals surface area contributed by atoms with Gasteiger partial charge in [0.25, 0.3) is 0 Å². The van der Waals surface area contributed by atoms with Crippen molar-refractivity contribution < 1.29 is 23.5 Å². The van der Waals surface area contributed by atoms with E-state index >= 15 is 0 Å². The Bertz CT molecular complexity index is 913. The Morgan fingerprint density at radius 2 is 1.31 bits per heavy atom. The van der Waals surface area contributed by atoms with Crippen LogP contribution in [0, 0.1) is 26.7 Å². The first-order valence-corrected chi connectivity index (χ1v) is 14.5. The predicted molar refractivity (Wildman–Crippen MR) is 173 cm³/mol. The lowest BCUT2D eigenvalue weighted by molar-refractivity contribution is -0.0987. The Morgan fingerprint density at radius 3 is 1.71 bits per heavy atom. The molecule has 2 fully saturated rings. The number of carbonyl (C=O) groups is 3. The molecule has 0 unspecified atom stereocenters. The van der Waals surface area contributed by atoms with E-state index in [4.69, 9.17) is 19.4 Å². The van der Waals surface area contributed by atoms with Crippen LogP contribution in [0.15, 0.2) is 36.5 Å². The smallest absolute Gasteiger partial charge is 0.131 e. The second kappa shape index (κ2) is 23.6. The quantitative estimate of drug-likeness (QED) is 0.399. The van der Waals surface area contributed by atoms with Gasteiger partial charge in [-0.3, -0.25) is 0 Å². The van der Waals surface area contributed by atoms with Gasteiger partial charge in [0.15, 0.2) is 0 Å². The lowest BCUT2D eigenvalue weighted by Crippen LogP contribution is -2.44. The Morgan fingerprint density at radius 1 is 0.881 bits per heavy atom. The monoisotopic (exact) mass is 589 g/mol. The number of ether oxygens (including phenoxy) is 1. The highest BCUT2D eigenvalue weighted by atomic mass is 19.1. The van der Waals surface area contributed by atoms with Crippen LogP contribution in [-0.4, -0.2) is 82.9 Å². The molecular weight excluding hydrogens is 533 g/mol. The van der Waals surface area contributed by atoms with E-state index < -0.39 is 5.67 Å². The maximum atomic E-state index is 14.0. The number of nitrogens with zero attached hydrogens (tertiary/aromatic N) is 3. The molecule has 8 heteroatoms. The van der Waals surface area contributed by atoms with E-state index in [1.165, 1.54) is 40.9 Å². The summed E-state index contributed by atoms with van der Waals surface area (Å²) in [5.74, 6) is 2.43. The van der Waals surface area contributed by atoms with E-state index in [2.05, 4.69) is 79.5 Å². The van der Waals surface area contributed by atoms with Crippen LogP contribution in [0.2, 0.25) is 0 Å². The normalized spacial score (nSPS) is 15.9. The lowest BCUT2D eigenvalue weighted by atomic mass is 9.92. The highest BCUT2D eigenvalue weighted by molar-refractivity contribution is 5.50. The van der Waals surface area contributed by atoms with Crippen molar-refractivity contribution in [3.8, 4) is 0 Å². The number of likely N-dealkylation sites (tertiary alicyclic amines) is 1. The van der Waals surface area contributed by atoms with E-state index in [0.717, 1.165) is 38.6 Å². The van der Waals surface area contributed by atoms with Gasteiger partial charge in [-0.15, -0.1) is 0 Å². The number of pyridine rings is 1. The summed E-state index contributed by atoms with van der Waals surface area (Å²) in [5, 5.41) is 0. The molecular formula is C34H56FN3O4. The zero-order valence-electron chi connectivity index (χ0n) is 27.5. The Kier molecular flexibility index (Phi) is 23.1. The summed E-state index contributed by atoms with van der Waals surface area (Å²) in [6.45, 7) is 23.7. The van der Waals surface area contributed by atoms with Crippen LogP contribution in [-0.2, 0) is 19.1 Å². The number of halogens is 1. The van der Waals surface area contributed by atoms with Gasteiger partial charge in [-0.1, -0.05) is 55.3 Å². The van der Waals surface area contributed by atoms with E-state index in [-0.39, 0.29) is 0 Å². The van der Waals surface area contributed by atoms with E-state index in [1.54, 1.807) is 21.1 Å². The van der Waals surface area contributed by atoms with Gasteiger partial charge in [0.05, 0.1) is 0 Å². The third-order valence-corrected chi connectivity index (χ3v) is 7.20. The first-order valence-electron chi connectivity index (χ1n) is 14.5. The van der Waals surface area contributed by atoms with E-state index in [9.17, 15) is 4.39 Å². The number of alkyl halides is 1. The van der Waals surface area contributed by atoms with Gasteiger partial charge in [-0.2, -0.15) is 0 Å². The van der Waals surface area contributed by atoms with Crippen LogP contribution in [0.1, 0.15) is 74.6 Å². The van der Waals surface area contributed by atoms with Crippen molar-refractivity contribution in [2.24, 2.45) is 5.92 Å². The maximum absolute atomic E-state index is 14.0. The van der Waals surface area contributed by atoms with Crippen LogP contribution >= 0.6 is 0 Å². The molecule has 0 atom stereocenters. The second-order valence-electron chi connectivity index (χ2n) is 11.3. The molecule has 238 valence electrons. The molecule has 2 saturated heterocycles. The molecule has 0 bridgehead atoms. The number of hydrogen-bond donors (Lipinski definition) is 0. The number of benzene rings is 1. The SMILES string of the molecule is C=O.C=O.C=O.COC.Cc1ccc(C)cc1.Cc1cnc(N2CCC(CN3CCC(C)(F)CC3)CC2)c(C(C)C)c1. The van der Waals surface area contributed by atoms with Crippen molar-refractivity contribution in [2.45, 2.75) is 78.8 Å². The second-order valence-corrected chi connectivity index (χ2v) is 11.3. The van der Waals surface area contributed by atoms with Gasteiger partial charge in [-0.05, 0) is 76.3 Å². The third kappa shape index (κ3) is 16.5. The number of piperidine rings is 2. The molecule has 7 nitrogen and oxygen atoms in total. The number of rotatable bonds is 4. The predicted octanol–water partition coefficient (Wildman–Crippen LogP) is 6.57. The molecule has 2 aliphatic rings. The van der Waals surface area contributed by atoms with Crippen molar-refractivity contribution in [3.63, 3.8) is 0 Å². The highest BCUT2D eigenvalue weighted by Gasteiger charge is 2.31. The number of aromatic nitrogens is 1. The number of carbonyl (C=O) groups excluding carboxylic acids is 3. The molecule has 1 aromatic heterocycles. The maximum Gasteiger partial charge on any atom is 0.131 e. The van der Waals surface area contributed by atoms with Gasteiger partial charge in [-0.25, -0.2) is 9.37 Å². The third-order valence-electron chi connectivity index (χ3n) is 7.20. The van der Waals surface area contributed by atoms with Gasteiger partial charge < -0.3 is 28.9 Å². The molecule has 2 aromatic rings. The van der Waals surface area contributed by atoms with Crippen molar-refractivity contribution in [1.82, 2.24) is 9.88 Å². The first kappa shape index (κ1) is 41.2. The van der Waals surface area contributed by atoms with Gasteiger partial charge in [0.2, 0.25) is 0 Å². The molecule has 0 N–H and O–H groups in total. The summed E-state index contributed by atoms with van der Waals surface area (Å²) in [5.41, 5.74) is 4.33. The summed E-state index contributed by atoms with van der Waals surface area (Å²) in [6.07, 6.45) is 5.82. The molecule has 2 aliphatic heterocycles. The molecule has 0 saturated carbocycles. The first-order chi connectivity index (χ1) is 20.0. The highest BCUT2D eigenvalue weighted by Crippen LogP contribution is 2.31. The number of aryl methyl sites for hydroxylation is 3. The fourth-order valence-electron chi connectivity index (χ4n) is 4.80. The summed E-state index contributed by atoms with van der Waals surface area (Å²) in [6, 6.07) is 10.8. The van der Waals surface area contributed by atoms with E-state index in [1.807, 2.05) is 26.6 Å². The van der Waals surface area contributed by atoms with Crippen LogP contribution in [0.25, 0.3) is 0 Å². The van der Waals surface area contributed by atoms with Gasteiger partial charge >= 0.3 is 0 Å². The average Bonchev–Trinajstić information content (AvgIpc) is 3.00. The molecule has 0 radical (unpaired) electrons. The van der Waals surface area contributed by atoms with Crippen molar-refractivity contribution in [1.29, 1.82) is 0 Å². The number of methoxy groups -OCH3 is 1. The summed E-state index contributed by atoms with van der Waals surface area (Å²) >= 11 is 0. The van der Waals surface area contributed by atoms with Crippen LogP contribution in [0.4, 0.5) is 10.2 Å². The minimum Gasteiger partial charge on any atom is -0.388 e. The minimum atomic E-state index is -0.940. The molecule has 42 heavy (non-hydrogen) atoms. The zero-order valence-corrected chi connectivity index (χ0v) is 27.5. The number of anilines is 1. The minimum absolute atomic E-state index is 0.503. The lowest BCUT2D eigenvalue weighted by Gasteiger charge is -2.39. The van der Waals surface area contributed by atoms with Crippen LogP contribution in [0.5, 0.6) is 0 Å². The van der Waals surface area contributed by atoms with Crippen LogP contribution < -0.4 is 4.90 Å². The summed E-state index contributed by atoms with van der Waals surface area (Å²) < 4.78 is 18.2. The fraction of sp³-hybridized carbons (Fsp3) is 0.588. The van der Waals surface area contributed by atoms with Crippen molar-refractivity contribution >= 4 is 26.2 Å². The molecule has 0 spiro atoms. The summed E-state index contributed by atoms with van der Waals surface area (Å²) in [7, 11) is 3.25. The van der Waals surface area contributed by atoms with E-state index in [0.29, 0.717) is 18.8 Å².